The molecule has 150 valence electrons. The van der Waals surface area contributed by atoms with Crippen LogP contribution in [0.25, 0.3) is 12.2 Å². The van der Waals surface area contributed by atoms with Crippen molar-refractivity contribution in [2.75, 3.05) is 5.32 Å². The number of pyridine rings is 1. The molecular formula is C22H20N6OS. The van der Waals surface area contributed by atoms with E-state index in [2.05, 4.69) is 31.0 Å². The second kappa shape index (κ2) is 8.08. The monoisotopic (exact) mass is 416 g/mol. The number of imidazole rings is 1. The smallest absolute Gasteiger partial charge is 0.274 e. The van der Waals surface area contributed by atoms with Crippen LogP contribution in [-0.4, -0.2) is 30.0 Å². The highest BCUT2D eigenvalue weighted by Gasteiger charge is 2.14. The van der Waals surface area contributed by atoms with E-state index in [4.69, 9.17) is 0 Å². The lowest BCUT2D eigenvalue weighted by molar-refractivity contribution is 0.101. The predicted molar refractivity (Wildman–Crippen MR) is 117 cm³/mol. The van der Waals surface area contributed by atoms with Crippen LogP contribution >= 0.6 is 11.3 Å². The number of aromatic nitrogens is 5. The molecule has 1 aliphatic heterocycles. The van der Waals surface area contributed by atoms with Crippen molar-refractivity contribution in [3.63, 3.8) is 0 Å². The normalized spacial score (nSPS) is 13.1. The van der Waals surface area contributed by atoms with Crippen LogP contribution in [0.5, 0.6) is 0 Å². The second-order valence-electron chi connectivity index (χ2n) is 7.12. The van der Waals surface area contributed by atoms with Crippen LogP contribution in [-0.2, 0) is 19.5 Å². The molecule has 0 aromatic carbocycles. The van der Waals surface area contributed by atoms with E-state index in [0.717, 1.165) is 35.7 Å². The average Bonchev–Trinajstić information content (AvgIpc) is 3.52. The standard InChI is InChI=1S/C22H20N6OS/c29-21(19-3-1-11-27(19)13-16-7-9-23-10-8-16)26-22-25-18(15-30-22)6-5-17-14-28-12-2-4-20(28)24-17/h1,3,5-11,14-15H,2,4,12-13H2,(H,25,26,29)/b6-5+. The number of aryl methyl sites for hydroxylation is 2. The lowest BCUT2D eigenvalue weighted by Gasteiger charge is -2.08. The van der Waals surface area contributed by atoms with Gasteiger partial charge in [-0.3, -0.25) is 15.1 Å². The van der Waals surface area contributed by atoms with Crippen molar-refractivity contribution >= 4 is 34.5 Å². The topological polar surface area (TPSA) is 77.6 Å². The van der Waals surface area contributed by atoms with Crippen molar-refractivity contribution in [1.82, 2.24) is 24.1 Å². The van der Waals surface area contributed by atoms with E-state index >= 15 is 0 Å². The van der Waals surface area contributed by atoms with Crippen LogP contribution in [0.1, 0.15) is 39.7 Å². The first-order valence-corrected chi connectivity index (χ1v) is 10.7. The zero-order chi connectivity index (χ0) is 20.3. The molecular weight excluding hydrogens is 396 g/mol. The van der Waals surface area contributed by atoms with Gasteiger partial charge in [-0.25, -0.2) is 9.97 Å². The molecule has 5 rings (SSSR count). The summed E-state index contributed by atoms with van der Waals surface area (Å²) in [5.41, 5.74) is 3.42. The quantitative estimate of drug-likeness (QED) is 0.516. The summed E-state index contributed by atoms with van der Waals surface area (Å²) in [6.07, 6.45) is 13.6. The van der Waals surface area contributed by atoms with E-state index in [1.807, 2.05) is 52.6 Å². The average molecular weight is 417 g/mol. The van der Waals surface area contributed by atoms with E-state index in [0.29, 0.717) is 17.4 Å². The summed E-state index contributed by atoms with van der Waals surface area (Å²) in [4.78, 5) is 25.9. The Labute approximate surface area is 177 Å². The van der Waals surface area contributed by atoms with Crippen molar-refractivity contribution < 1.29 is 4.79 Å². The third-order valence-electron chi connectivity index (χ3n) is 5.01. The summed E-state index contributed by atoms with van der Waals surface area (Å²) >= 11 is 1.41. The molecule has 0 bridgehead atoms. The number of anilines is 1. The van der Waals surface area contributed by atoms with Gasteiger partial charge in [0, 0.05) is 49.7 Å². The molecule has 1 N–H and O–H groups in total. The summed E-state index contributed by atoms with van der Waals surface area (Å²) in [5.74, 6) is 0.972. The molecule has 0 saturated carbocycles. The van der Waals surface area contributed by atoms with Gasteiger partial charge in [0.25, 0.3) is 5.91 Å². The lowest BCUT2D eigenvalue weighted by Crippen LogP contribution is -2.17. The Hall–Kier alpha value is -3.52. The van der Waals surface area contributed by atoms with Gasteiger partial charge in [0.1, 0.15) is 11.5 Å². The number of rotatable bonds is 6. The minimum Gasteiger partial charge on any atom is -0.339 e. The van der Waals surface area contributed by atoms with Gasteiger partial charge in [-0.05, 0) is 48.4 Å². The zero-order valence-electron chi connectivity index (χ0n) is 16.2. The Morgan fingerprint density at radius 2 is 2.03 bits per heavy atom. The number of carbonyl (C=O) groups is 1. The van der Waals surface area contributed by atoms with E-state index in [1.54, 1.807) is 12.4 Å². The number of nitrogens with zero attached hydrogens (tertiary/aromatic N) is 5. The summed E-state index contributed by atoms with van der Waals surface area (Å²) in [7, 11) is 0. The minimum absolute atomic E-state index is 0.176. The van der Waals surface area contributed by atoms with Gasteiger partial charge in [-0.2, -0.15) is 0 Å². The van der Waals surface area contributed by atoms with Crippen molar-refractivity contribution in [2.45, 2.75) is 25.9 Å². The molecule has 7 nitrogen and oxygen atoms in total. The van der Waals surface area contributed by atoms with Gasteiger partial charge in [-0.15, -0.1) is 11.3 Å². The number of amides is 1. The molecule has 0 fully saturated rings. The van der Waals surface area contributed by atoms with Crippen LogP contribution < -0.4 is 5.32 Å². The highest BCUT2D eigenvalue weighted by Crippen LogP contribution is 2.20. The molecule has 1 aliphatic rings. The molecule has 5 heterocycles. The molecule has 0 saturated heterocycles. The van der Waals surface area contributed by atoms with Crippen LogP contribution in [0.3, 0.4) is 0 Å². The van der Waals surface area contributed by atoms with Gasteiger partial charge >= 0.3 is 0 Å². The fraction of sp³-hybridized carbons (Fsp3) is 0.182. The molecule has 0 aliphatic carbocycles. The van der Waals surface area contributed by atoms with Crippen LogP contribution in [0, 0.1) is 0 Å². The van der Waals surface area contributed by atoms with Crippen molar-refractivity contribution in [3.8, 4) is 0 Å². The van der Waals surface area contributed by atoms with Crippen LogP contribution in [0.15, 0.2) is 54.4 Å². The van der Waals surface area contributed by atoms with Gasteiger partial charge in [0.05, 0.1) is 11.4 Å². The van der Waals surface area contributed by atoms with Gasteiger partial charge in [0.15, 0.2) is 5.13 Å². The first kappa shape index (κ1) is 18.5. The molecule has 4 aromatic heterocycles. The van der Waals surface area contributed by atoms with Crippen LogP contribution in [0.2, 0.25) is 0 Å². The first-order chi connectivity index (χ1) is 14.7. The molecule has 0 spiro atoms. The minimum atomic E-state index is -0.176. The van der Waals surface area contributed by atoms with Gasteiger partial charge < -0.3 is 9.13 Å². The maximum atomic E-state index is 12.7. The maximum Gasteiger partial charge on any atom is 0.274 e. The third-order valence-corrected chi connectivity index (χ3v) is 5.78. The highest BCUT2D eigenvalue weighted by atomic mass is 32.1. The van der Waals surface area contributed by atoms with Crippen molar-refractivity contribution in [1.29, 1.82) is 0 Å². The number of nitrogens with one attached hydrogen (secondary N) is 1. The van der Waals surface area contributed by atoms with E-state index in [-0.39, 0.29) is 5.91 Å². The number of hydrogen-bond donors (Lipinski definition) is 1. The summed E-state index contributed by atoms with van der Waals surface area (Å²) in [5, 5.41) is 5.40. The summed E-state index contributed by atoms with van der Waals surface area (Å²) in [6, 6.07) is 7.56. The summed E-state index contributed by atoms with van der Waals surface area (Å²) in [6.45, 7) is 1.66. The Balaban J connectivity index is 1.25. The number of carbonyl (C=O) groups excluding carboxylic acids is 1. The van der Waals surface area contributed by atoms with E-state index in [1.165, 1.54) is 17.8 Å². The third kappa shape index (κ3) is 3.95. The Bertz CT molecular complexity index is 1180. The molecule has 30 heavy (non-hydrogen) atoms. The molecule has 4 aromatic rings. The van der Waals surface area contributed by atoms with Crippen molar-refractivity contribution in [2.24, 2.45) is 0 Å². The lowest BCUT2D eigenvalue weighted by atomic mass is 10.2. The molecule has 1 amide bonds. The zero-order valence-corrected chi connectivity index (χ0v) is 17.0. The van der Waals surface area contributed by atoms with Gasteiger partial charge in [0.2, 0.25) is 0 Å². The number of fused-ring (bicyclic) bond motifs is 1. The fourth-order valence-electron chi connectivity index (χ4n) is 3.55. The number of thiazole rings is 1. The molecule has 0 radical (unpaired) electrons. The summed E-state index contributed by atoms with van der Waals surface area (Å²) < 4.78 is 4.12. The van der Waals surface area contributed by atoms with Crippen LogP contribution in [0.4, 0.5) is 5.13 Å². The Morgan fingerprint density at radius 1 is 1.17 bits per heavy atom. The molecule has 0 unspecified atom stereocenters. The Kier molecular flexibility index (Phi) is 4.98. The van der Waals surface area contributed by atoms with E-state index in [9.17, 15) is 4.79 Å². The largest absolute Gasteiger partial charge is 0.339 e. The number of hydrogen-bond acceptors (Lipinski definition) is 5. The predicted octanol–water partition coefficient (Wildman–Crippen LogP) is 3.95. The Morgan fingerprint density at radius 3 is 2.90 bits per heavy atom. The first-order valence-electron chi connectivity index (χ1n) is 9.80. The van der Waals surface area contributed by atoms with E-state index < -0.39 is 0 Å². The molecule has 8 heteroatoms. The van der Waals surface area contributed by atoms with Gasteiger partial charge in [-0.1, -0.05) is 0 Å². The maximum absolute atomic E-state index is 12.7. The highest BCUT2D eigenvalue weighted by molar-refractivity contribution is 7.14. The SMILES string of the molecule is O=C(Nc1nc(/C=C/c2cn3c(n2)CCC3)cs1)c1cccn1Cc1ccncc1. The second-order valence-corrected chi connectivity index (χ2v) is 7.98. The molecule has 0 atom stereocenters. The van der Waals surface area contributed by atoms with Crippen molar-refractivity contribution in [3.05, 3.63) is 82.9 Å². The fourth-order valence-corrected chi connectivity index (χ4v) is 4.23.